The van der Waals surface area contributed by atoms with E-state index in [0.29, 0.717) is 18.6 Å². The summed E-state index contributed by atoms with van der Waals surface area (Å²) in [5, 5.41) is 2.88. The molecule has 4 aromatic rings. The Balaban J connectivity index is 1.26. The molecule has 0 saturated carbocycles. The van der Waals surface area contributed by atoms with Crippen molar-refractivity contribution in [1.82, 2.24) is 5.32 Å². The predicted molar refractivity (Wildman–Crippen MR) is 173 cm³/mol. The van der Waals surface area contributed by atoms with E-state index in [9.17, 15) is 9.59 Å². The molecule has 43 heavy (non-hydrogen) atoms. The van der Waals surface area contributed by atoms with Gasteiger partial charge in [0.15, 0.2) is 0 Å². The van der Waals surface area contributed by atoms with Crippen molar-refractivity contribution in [2.45, 2.75) is 44.6 Å². The summed E-state index contributed by atoms with van der Waals surface area (Å²) in [6.45, 7) is 7.63. The summed E-state index contributed by atoms with van der Waals surface area (Å²) in [5.41, 5.74) is 8.02. The fourth-order valence-corrected chi connectivity index (χ4v) is 6.14. The molecule has 0 fully saturated rings. The highest BCUT2D eigenvalue weighted by Gasteiger charge is 2.29. The fourth-order valence-electron chi connectivity index (χ4n) is 5.42. The van der Waals surface area contributed by atoms with Gasteiger partial charge < -0.3 is 19.5 Å². The Bertz CT molecular complexity index is 1550. The maximum atomic E-state index is 13.0. The first-order valence-electron chi connectivity index (χ1n) is 14.7. The topological polar surface area (TPSA) is 73.9 Å². The second kappa shape index (κ2) is 13.3. The summed E-state index contributed by atoms with van der Waals surface area (Å²) in [4.78, 5) is 25.9. The average Bonchev–Trinajstić information content (AvgIpc) is 3.32. The molecule has 5 rings (SSSR count). The number of methoxy groups -OCH3 is 1. The highest BCUT2D eigenvalue weighted by molar-refractivity contribution is 6.76. The molecule has 0 bridgehead atoms. The molecular weight excluding hydrogens is 554 g/mol. The lowest BCUT2D eigenvalue weighted by molar-refractivity contribution is 0.0525. The Morgan fingerprint density at radius 2 is 1.40 bits per heavy atom. The van der Waals surface area contributed by atoms with Crippen molar-refractivity contribution in [1.29, 1.82) is 0 Å². The highest BCUT2D eigenvalue weighted by Crippen LogP contribution is 2.44. The lowest BCUT2D eigenvalue weighted by atomic mass is 9.98. The van der Waals surface area contributed by atoms with Gasteiger partial charge in [-0.15, -0.1) is 0 Å². The molecule has 0 aromatic heterocycles. The van der Waals surface area contributed by atoms with Crippen molar-refractivity contribution in [3.05, 3.63) is 124 Å². The molecule has 6 nitrogen and oxygen atoms in total. The van der Waals surface area contributed by atoms with Crippen LogP contribution in [0.15, 0.2) is 91.0 Å². The van der Waals surface area contributed by atoms with Crippen molar-refractivity contribution in [3.8, 4) is 16.9 Å². The van der Waals surface area contributed by atoms with Crippen LogP contribution < -0.4 is 10.1 Å². The first kappa shape index (κ1) is 30.1. The van der Waals surface area contributed by atoms with E-state index >= 15 is 0 Å². The number of ether oxygens (including phenoxy) is 3. The van der Waals surface area contributed by atoms with Crippen LogP contribution in [0, 0.1) is 0 Å². The standard InChI is InChI=1S/C36H39NO5Si/c1-40-29-15-13-25(14-16-29)19-26-20-27(22-28(21-26)35(38)41-17-18-43(2,3)4)23-37-36(39)42-24-34-32-11-7-5-9-30(32)31-10-6-8-12-33(31)34/h5-16,20-22,34H,17-19,23-24H2,1-4H3,(H,37,39). The molecule has 0 atom stereocenters. The van der Waals surface area contributed by atoms with E-state index in [-0.39, 0.29) is 25.0 Å². The number of esters is 1. The molecule has 0 aliphatic heterocycles. The molecule has 4 aromatic carbocycles. The van der Waals surface area contributed by atoms with Gasteiger partial charge in [-0.1, -0.05) is 86.4 Å². The number of amides is 1. The zero-order valence-electron chi connectivity index (χ0n) is 25.3. The van der Waals surface area contributed by atoms with Gasteiger partial charge in [0.1, 0.15) is 12.4 Å². The first-order valence-corrected chi connectivity index (χ1v) is 18.4. The number of rotatable bonds is 11. The number of nitrogens with one attached hydrogen (secondary N) is 1. The van der Waals surface area contributed by atoms with Crippen molar-refractivity contribution in [2.24, 2.45) is 0 Å². The van der Waals surface area contributed by atoms with Crippen LogP contribution in [-0.2, 0) is 22.4 Å². The lowest BCUT2D eigenvalue weighted by Gasteiger charge is -2.16. The van der Waals surface area contributed by atoms with Crippen LogP contribution in [0.1, 0.15) is 44.1 Å². The quantitative estimate of drug-likeness (QED) is 0.142. The zero-order chi connectivity index (χ0) is 30.4. The minimum atomic E-state index is -1.34. The average molecular weight is 594 g/mol. The molecule has 7 heteroatoms. The van der Waals surface area contributed by atoms with Crippen LogP contribution in [0.5, 0.6) is 5.75 Å². The third kappa shape index (κ3) is 7.73. The largest absolute Gasteiger partial charge is 0.497 e. The fraction of sp³-hybridized carbons (Fsp3) is 0.278. The molecule has 0 saturated heterocycles. The lowest BCUT2D eigenvalue weighted by Crippen LogP contribution is -2.26. The van der Waals surface area contributed by atoms with Crippen molar-refractivity contribution in [2.75, 3.05) is 20.3 Å². The molecule has 0 radical (unpaired) electrons. The van der Waals surface area contributed by atoms with E-state index in [1.54, 1.807) is 13.2 Å². The molecule has 1 aliphatic carbocycles. The monoisotopic (exact) mass is 593 g/mol. The van der Waals surface area contributed by atoms with Gasteiger partial charge in [-0.05, 0) is 75.7 Å². The molecule has 222 valence electrons. The maximum Gasteiger partial charge on any atom is 0.407 e. The molecule has 0 heterocycles. The summed E-state index contributed by atoms with van der Waals surface area (Å²) < 4.78 is 16.6. The SMILES string of the molecule is COc1ccc(Cc2cc(CNC(=O)OCC3c4ccccc4-c4ccccc43)cc(C(=O)OCC[Si](C)(C)C)c2)cc1. The number of carbonyl (C=O) groups excluding carboxylic acids is 2. The van der Waals surface area contributed by atoms with Gasteiger partial charge in [-0.25, -0.2) is 9.59 Å². The Labute approximate surface area is 255 Å². The van der Waals surface area contributed by atoms with Gasteiger partial charge >= 0.3 is 12.1 Å². The minimum Gasteiger partial charge on any atom is -0.497 e. The Morgan fingerprint density at radius 3 is 2.02 bits per heavy atom. The smallest absolute Gasteiger partial charge is 0.407 e. The predicted octanol–water partition coefficient (Wildman–Crippen LogP) is 7.82. The summed E-state index contributed by atoms with van der Waals surface area (Å²) >= 11 is 0. The van der Waals surface area contributed by atoms with Gasteiger partial charge in [0.25, 0.3) is 0 Å². The van der Waals surface area contributed by atoms with Crippen LogP contribution >= 0.6 is 0 Å². The first-order chi connectivity index (χ1) is 20.7. The summed E-state index contributed by atoms with van der Waals surface area (Å²) in [6, 6.07) is 30.9. The minimum absolute atomic E-state index is 0.0106. The van der Waals surface area contributed by atoms with Gasteiger partial charge in [0.05, 0.1) is 19.3 Å². The molecular formula is C36H39NO5Si. The van der Waals surface area contributed by atoms with Gasteiger partial charge in [0.2, 0.25) is 0 Å². The Kier molecular flexibility index (Phi) is 9.31. The zero-order valence-corrected chi connectivity index (χ0v) is 26.3. The van der Waals surface area contributed by atoms with Crippen molar-refractivity contribution < 1.29 is 23.8 Å². The third-order valence-corrected chi connectivity index (χ3v) is 9.43. The van der Waals surface area contributed by atoms with Gasteiger partial charge in [0, 0.05) is 20.5 Å². The molecule has 1 aliphatic rings. The van der Waals surface area contributed by atoms with Crippen molar-refractivity contribution >= 4 is 20.1 Å². The van der Waals surface area contributed by atoms with Crippen LogP contribution in [0.2, 0.25) is 25.7 Å². The normalized spacial score (nSPS) is 12.3. The van der Waals surface area contributed by atoms with Gasteiger partial charge in [-0.3, -0.25) is 0 Å². The van der Waals surface area contributed by atoms with Crippen LogP contribution in [-0.4, -0.2) is 40.5 Å². The van der Waals surface area contributed by atoms with E-state index in [0.717, 1.165) is 28.5 Å². The molecule has 0 spiro atoms. The molecule has 0 unspecified atom stereocenters. The number of alkyl carbamates (subject to hydrolysis) is 1. The van der Waals surface area contributed by atoms with E-state index in [2.05, 4.69) is 49.2 Å². The maximum absolute atomic E-state index is 13.0. The second-order valence-electron chi connectivity index (χ2n) is 12.2. The van der Waals surface area contributed by atoms with Crippen LogP contribution in [0.3, 0.4) is 0 Å². The summed E-state index contributed by atoms with van der Waals surface area (Å²) in [6.07, 6.45) is 0.125. The summed E-state index contributed by atoms with van der Waals surface area (Å²) in [5.74, 6) is 0.428. The second-order valence-corrected chi connectivity index (χ2v) is 17.8. The highest BCUT2D eigenvalue weighted by atomic mass is 28.3. The molecule has 1 N–H and O–H groups in total. The van der Waals surface area contributed by atoms with E-state index in [4.69, 9.17) is 14.2 Å². The van der Waals surface area contributed by atoms with E-state index < -0.39 is 14.2 Å². The number of benzene rings is 4. The number of fused-ring (bicyclic) bond motifs is 3. The van der Waals surface area contributed by atoms with Crippen LogP contribution in [0.4, 0.5) is 4.79 Å². The Morgan fingerprint density at radius 1 is 0.767 bits per heavy atom. The Hall–Kier alpha value is -4.36. The summed E-state index contributed by atoms with van der Waals surface area (Å²) in [7, 11) is 0.304. The third-order valence-electron chi connectivity index (χ3n) is 7.72. The van der Waals surface area contributed by atoms with Crippen molar-refractivity contribution in [3.63, 3.8) is 0 Å². The van der Waals surface area contributed by atoms with E-state index in [1.807, 2.05) is 60.7 Å². The van der Waals surface area contributed by atoms with Gasteiger partial charge in [-0.2, -0.15) is 0 Å². The number of carbonyl (C=O) groups is 2. The van der Waals surface area contributed by atoms with E-state index in [1.165, 1.54) is 22.3 Å². The number of hydrogen-bond donors (Lipinski definition) is 1. The molecule has 1 amide bonds. The van der Waals surface area contributed by atoms with Crippen LogP contribution in [0.25, 0.3) is 11.1 Å². The number of hydrogen-bond acceptors (Lipinski definition) is 5.